The van der Waals surface area contributed by atoms with Crippen molar-refractivity contribution in [2.24, 2.45) is 17.4 Å². The molecule has 10 nitrogen and oxygen atoms in total. The van der Waals surface area contributed by atoms with E-state index in [9.17, 15) is 19.2 Å². The van der Waals surface area contributed by atoms with Crippen molar-refractivity contribution in [1.29, 1.82) is 0 Å². The highest BCUT2D eigenvalue weighted by molar-refractivity contribution is 5.90. The second kappa shape index (κ2) is 10.4. The van der Waals surface area contributed by atoms with Crippen LogP contribution in [0.1, 0.15) is 26.7 Å². The molecule has 10 heteroatoms. The molecule has 0 bridgehead atoms. The van der Waals surface area contributed by atoms with E-state index in [1.807, 2.05) is 0 Å². The molecule has 2 atom stereocenters. The molecule has 0 aliphatic carbocycles. The molecule has 8 N–H and O–H groups in total. The van der Waals surface area contributed by atoms with Gasteiger partial charge >= 0.3 is 12.0 Å². The van der Waals surface area contributed by atoms with Crippen LogP contribution >= 0.6 is 0 Å². The van der Waals surface area contributed by atoms with E-state index in [0.717, 1.165) is 0 Å². The molecular weight excluding hydrogens is 306 g/mol. The molecular formula is C13H25N5O5. The summed E-state index contributed by atoms with van der Waals surface area (Å²) in [5, 5.41) is 16.3. The van der Waals surface area contributed by atoms with Crippen molar-refractivity contribution >= 4 is 23.8 Å². The van der Waals surface area contributed by atoms with Crippen molar-refractivity contribution in [2.45, 2.75) is 38.8 Å². The normalized spacial score (nSPS) is 13.0. The predicted octanol–water partition coefficient (Wildman–Crippen LogP) is -1.90. The molecule has 0 aliphatic heterocycles. The first-order valence-corrected chi connectivity index (χ1v) is 7.25. The van der Waals surface area contributed by atoms with Crippen molar-refractivity contribution in [2.75, 3.05) is 13.1 Å². The first-order valence-electron chi connectivity index (χ1n) is 7.25. The fraction of sp³-hybridized carbons (Fsp3) is 0.692. The molecule has 0 aromatic carbocycles. The predicted molar refractivity (Wildman–Crippen MR) is 82.2 cm³/mol. The number of urea groups is 1. The van der Waals surface area contributed by atoms with E-state index < -0.39 is 35.9 Å². The maximum atomic E-state index is 12.2. The van der Waals surface area contributed by atoms with Gasteiger partial charge in [0.1, 0.15) is 12.1 Å². The number of carbonyl (C=O) groups excluding carboxylic acids is 3. The Kier molecular flexibility index (Phi) is 9.31. The summed E-state index contributed by atoms with van der Waals surface area (Å²) in [6.45, 7) is 3.37. The monoisotopic (exact) mass is 331 g/mol. The van der Waals surface area contributed by atoms with Gasteiger partial charge in [0.05, 0.1) is 6.54 Å². The average Bonchev–Trinajstić information content (AvgIpc) is 2.46. The second-order valence-electron chi connectivity index (χ2n) is 5.33. The van der Waals surface area contributed by atoms with Gasteiger partial charge in [0.15, 0.2) is 0 Å². The molecule has 0 heterocycles. The Morgan fingerprint density at radius 3 is 2.17 bits per heavy atom. The van der Waals surface area contributed by atoms with E-state index in [4.69, 9.17) is 16.6 Å². The standard InChI is InChI=1S/C13H25N5O5/c1-7(2)10(18-9(19)6-14)11(20)17-8(12(21)22)4-3-5-16-13(15)23/h7-8,10H,3-6,14H2,1-2H3,(H,17,20)(H,18,19)(H,21,22)(H3,15,16,23). The van der Waals surface area contributed by atoms with Crippen LogP contribution in [0.4, 0.5) is 4.79 Å². The van der Waals surface area contributed by atoms with E-state index in [-0.39, 0.29) is 25.4 Å². The SMILES string of the molecule is CC(C)C(NC(=O)CN)C(=O)NC(CCCNC(N)=O)C(=O)O. The smallest absolute Gasteiger partial charge is 0.326 e. The summed E-state index contributed by atoms with van der Waals surface area (Å²) in [6.07, 6.45) is 0.429. The van der Waals surface area contributed by atoms with Gasteiger partial charge in [-0.2, -0.15) is 0 Å². The van der Waals surface area contributed by atoms with Gasteiger partial charge in [-0.3, -0.25) is 9.59 Å². The third-order valence-corrected chi connectivity index (χ3v) is 3.03. The number of nitrogens with two attached hydrogens (primary N) is 2. The van der Waals surface area contributed by atoms with Crippen LogP contribution in [-0.2, 0) is 14.4 Å². The molecule has 0 fully saturated rings. The summed E-state index contributed by atoms with van der Waals surface area (Å²) in [4.78, 5) is 45.2. The average molecular weight is 331 g/mol. The van der Waals surface area contributed by atoms with Crippen LogP contribution in [0.2, 0.25) is 0 Å². The van der Waals surface area contributed by atoms with Crippen LogP contribution in [0, 0.1) is 5.92 Å². The number of carboxylic acid groups (broad SMARTS) is 1. The van der Waals surface area contributed by atoms with Crippen LogP contribution in [0.15, 0.2) is 0 Å². The third kappa shape index (κ3) is 8.61. The molecule has 0 radical (unpaired) electrons. The summed E-state index contributed by atoms with van der Waals surface area (Å²) in [6, 6.07) is -2.71. The minimum atomic E-state index is -1.20. The Morgan fingerprint density at radius 2 is 1.74 bits per heavy atom. The van der Waals surface area contributed by atoms with Crippen LogP contribution in [0.25, 0.3) is 0 Å². The summed E-state index contributed by atoms with van der Waals surface area (Å²) in [5.74, 6) is -2.55. The zero-order valence-corrected chi connectivity index (χ0v) is 13.3. The lowest BCUT2D eigenvalue weighted by molar-refractivity contribution is -0.142. The fourth-order valence-electron chi connectivity index (χ4n) is 1.80. The number of aliphatic carboxylic acids is 1. The molecule has 0 aliphatic rings. The lowest BCUT2D eigenvalue weighted by Gasteiger charge is -2.23. The molecule has 0 rings (SSSR count). The fourth-order valence-corrected chi connectivity index (χ4v) is 1.80. The Morgan fingerprint density at radius 1 is 1.13 bits per heavy atom. The summed E-state index contributed by atoms with van der Waals surface area (Å²) in [5.41, 5.74) is 10.1. The molecule has 0 saturated carbocycles. The largest absolute Gasteiger partial charge is 0.480 e. The third-order valence-electron chi connectivity index (χ3n) is 3.03. The quantitative estimate of drug-likeness (QED) is 0.255. The highest BCUT2D eigenvalue weighted by Crippen LogP contribution is 2.04. The van der Waals surface area contributed by atoms with Crippen molar-refractivity contribution in [1.82, 2.24) is 16.0 Å². The minimum absolute atomic E-state index is 0.108. The van der Waals surface area contributed by atoms with E-state index in [0.29, 0.717) is 6.42 Å². The first-order chi connectivity index (χ1) is 10.7. The molecule has 132 valence electrons. The zero-order chi connectivity index (χ0) is 18.0. The first kappa shape index (κ1) is 20.6. The molecule has 0 saturated heterocycles. The molecule has 0 aromatic heterocycles. The number of hydrogen-bond donors (Lipinski definition) is 6. The summed E-state index contributed by atoms with van der Waals surface area (Å²) < 4.78 is 0. The van der Waals surface area contributed by atoms with E-state index in [1.165, 1.54) is 0 Å². The number of hydrogen-bond acceptors (Lipinski definition) is 5. The topological polar surface area (TPSA) is 177 Å². The van der Waals surface area contributed by atoms with Gasteiger partial charge in [0.2, 0.25) is 11.8 Å². The number of carboxylic acids is 1. The highest BCUT2D eigenvalue weighted by Gasteiger charge is 2.28. The zero-order valence-electron chi connectivity index (χ0n) is 13.3. The van der Waals surface area contributed by atoms with E-state index in [1.54, 1.807) is 13.8 Å². The van der Waals surface area contributed by atoms with Crippen LogP contribution in [-0.4, -0.2) is 54.1 Å². The van der Waals surface area contributed by atoms with Gasteiger partial charge in [0, 0.05) is 6.54 Å². The van der Waals surface area contributed by atoms with Crippen molar-refractivity contribution in [3.8, 4) is 0 Å². The molecule has 23 heavy (non-hydrogen) atoms. The van der Waals surface area contributed by atoms with Crippen LogP contribution in [0.3, 0.4) is 0 Å². The highest BCUT2D eigenvalue weighted by atomic mass is 16.4. The number of rotatable bonds is 10. The second-order valence-corrected chi connectivity index (χ2v) is 5.33. The van der Waals surface area contributed by atoms with E-state index >= 15 is 0 Å². The minimum Gasteiger partial charge on any atom is -0.480 e. The number of primary amides is 1. The Balaban J connectivity index is 4.64. The van der Waals surface area contributed by atoms with Gasteiger partial charge in [-0.05, 0) is 18.8 Å². The van der Waals surface area contributed by atoms with Crippen molar-refractivity contribution in [3.63, 3.8) is 0 Å². The van der Waals surface area contributed by atoms with Gasteiger partial charge < -0.3 is 32.5 Å². The molecule has 2 unspecified atom stereocenters. The Labute approximate surface area is 134 Å². The Hall–Kier alpha value is -2.36. The summed E-state index contributed by atoms with van der Waals surface area (Å²) >= 11 is 0. The lowest BCUT2D eigenvalue weighted by atomic mass is 10.0. The molecule has 4 amide bonds. The maximum absolute atomic E-state index is 12.2. The van der Waals surface area contributed by atoms with Crippen molar-refractivity contribution < 1.29 is 24.3 Å². The molecule has 0 aromatic rings. The van der Waals surface area contributed by atoms with Gasteiger partial charge in [-0.1, -0.05) is 13.8 Å². The maximum Gasteiger partial charge on any atom is 0.326 e. The van der Waals surface area contributed by atoms with Gasteiger partial charge in [-0.15, -0.1) is 0 Å². The number of amides is 4. The van der Waals surface area contributed by atoms with Crippen LogP contribution in [0.5, 0.6) is 0 Å². The van der Waals surface area contributed by atoms with E-state index in [2.05, 4.69) is 16.0 Å². The van der Waals surface area contributed by atoms with Crippen molar-refractivity contribution in [3.05, 3.63) is 0 Å². The summed E-state index contributed by atoms with van der Waals surface area (Å²) in [7, 11) is 0. The lowest BCUT2D eigenvalue weighted by Crippen LogP contribution is -2.54. The van der Waals surface area contributed by atoms with Gasteiger partial charge in [0.25, 0.3) is 0 Å². The van der Waals surface area contributed by atoms with Crippen LogP contribution < -0.4 is 27.4 Å². The number of carbonyl (C=O) groups is 4. The van der Waals surface area contributed by atoms with Gasteiger partial charge in [-0.25, -0.2) is 9.59 Å². The Bertz CT molecular complexity index is 440. The number of nitrogens with one attached hydrogen (secondary N) is 3. The molecule has 0 spiro atoms.